The van der Waals surface area contributed by atoms with Crippen LogP contribution in [0.15, 0.2) is 47.4 Å². The first-order chi connectivity index (χ1) is 18.6. The number of alkyl halides is 3. The topological polar surface area (TPSA) is 146 Å². The van der Waals surface area contributed by atoms with Gasteiger partial charge in [-0.2, -0.15) is 13.2 Å². The van der Waals surface area contributed by atoms with Gasteiger partial charge in [-0.1, -0.05) is 24.3 Å². The molecule has 0 saturated heterocycles. The van der Waals surface area contributed by atoms with E-state index in [9.17, 15) is 32.7 Å². The molecule has 0 bridgehead atoms. The highest BCUT2D eigenvalue weighted by Crippen LogP contribution is 2.36. The number of nitrogen functional groups attached to an aromatic ring is 1. The molecule has 13 heteroatoms. The Labute approximate surface area is 235 Å². The smallest absolute Gasteiger partial charge is 0.416 e. The zero-order valence-electron chi connectivity index (χ0n) is 22.4. The number of hydrogen-bond acceptors (Lipinski definition) is 5. The van der Waals surface area contributed by atoms with Crippen LogP contribution >= 0.6 is 11.9 Å². The molecule has 1 saturated carbocycles. The molecule has 3 rings (SSSR count). The molecule has 218 valence electrons. The van der Waals surface area contributed by atoms with Crippen molar-refractivity contribution in [3.8, 4) is 0 Å². The van der Waals surface area contributed by atoms with Crippen LogP contribution in [0.25, 0.3) is 0 Å². The number of rotatable bonds is 11. The third-order valence-electron chi connectivity index (χ3n) is 6.77. The van der Waals surface area contributed by atoms with Crippen LogP contribution < -0.4 is 26.4 Å². The van der Waals surface area contributed by atoms with Gasteiger partial charge in [0.2, 0.25) is 0 Å². The maximum Gasteiger partial charge on any atom is 0.416 e. The lowest BCUT2D eigenvalue weighted by atomic mass is 9.79. The molecule has 1 atom stereocenters. The van der Waals surface area contributed by atoms with Crippen LogP contribution in [-0.4, -0.2) is 29.2 Å². The number of anilines is 1. The fraction of sp³-hybridized carbons (Fsp3) is 0.444. The van der Waals surface area contributed by atoms with Gasteiger partial charge in [-0.05, 0) is 87.7 Å². The second-order valence-electron chi connectivity index (χ2n) is 10.7. The van der Waals surface area contributed by atoms with Crippen molar-refractivity contribution in [3.05, 3.63) is 59.2 Å². The predicted octanol–water partition coefficient (Wildman–Crippen LogP) is 5.36. The molecule has 4 amide bonds. The van der Waals surface area contributed by atoms with Crippen LogP contribution in [0.2, 0.25) is 0 Å². The number of hydrogen-bond donors (Lipinski definition) is 6. The van der Waals surface area contributed by atoms with Crippen LogP contribution in [0.5, 0.6) is 0 Å². The number of carbonyl (C=O) groups excluding carboxylic acids is 2. The van der Waals surface area contributed by atoms with Crippen LogP contribution in [0.4, 0.5) is 28.4 Å². The summed E-state index contributed by atoms with van der Waals surface area (Å²) in [7, 11) is 0. The summed E-state index contributed by atoms with van der Waals surface area (Å²) in [5, 5.41) is 17.8. The maximum atomic E-state index is 13.4. The zero-order valence-corrected chi connectivity index (χ0v) is 23.3. The predicted molar refractivity (Wildman–Crippen MR) is 146 cm³/mol. The van der Waals surface area contributed by atoms with Crippen LogP contribution in [-0.2, 0) is 23.1 Å². The lowest BCUT2D eigenvalue weighted by Crippen LogP contribution is -2.47. The quantitative estimate of drug-likeness (QED) is 0.156. The summed E-state index contributed by atoms with van der Waals surface area (Å²) in [6.45, 7) is 4.73. The van der Waals surface area contributed by atoms with Crippen molar-refractivity contribution < 1.29 is 32.7 Å². The van der Waals surface area contributed by atoms with Crippen LogP contribution in [0.1, 0.15) is 63.1 Å². The second kappa shape index (κ2) is 12.3. The van der Waals surface area contributed by atoms with E-state index >= 15 is 0 Å². The lowest BCUT2D eigenvalue weighted by molar-refractivity contribution is -0.147. The van der Waals surface area contributed by atoms with Crippen molar-refractivity contribution in [2.45, 2.75) is 75.7 Å². The number of amides is 4. The van der Waals surface area contributed by atoms with Gasteiger partial charge in [0.05, 0.1) is 21.4 Å². The van der Waals surface area contributed by atoms with Gasteiger partial charge in [0.1, 0.15) is 0 Å². The molecule has 0 radical (unpaired) electrons. The molecular formula is C27H34F3N5O4S. The number of nitrogens with one attached hydrogen (secondary N) is 4. The number of carboxylic acid groups (broad SMARTS) is 1. The number of aliphatic carboxylic acids is 1. The van der Waals surface area contributed by atoms with Gasteiger partial charge in [0.15, 0.2) is 0 Å². The molecule has 1 aliphatic rings. The third kappa shape index (κ3) is 8.44. The van der Waals surface area contributed by atoms with Crippen molar-refractivity contribution in [2.75, 3.05) is 5.73 Å². The summed E-state index contributed by atoms with van der Waals surface area (Å²) in [6.07, 6.45) is -2.59. The molecule has 0 aliphatic heterocycles. The number of carbonyl (C=O) groups is 3. The van der Waals surface area contributed by atoms with E-state index in [4.69, 9.17) is 5.73 Å². The Bertz CT molecular complexity index is 1250. The first-order valence-corrected chi connectivity index (χ1v) is 13.5. The van der Waals surface area contributed by atoms with Gasteiger partial charge < -0.3 is 26.8 Å². The minimum absolute atomic E-state index is 0.0461. The first-order valence-electron chi connectivity index (χ1n) is 12.7. The average Bonchev–Trinajstić information content (AvgIpc) is 3.69. The van der Waals surface area contributed by atoms with Crippen molar-refractivity contribution in [1.82, 2.24) is 20.7 Å². The summed E-state index contributed by atoms with van der Waals surface area (Å²) < 4.78 is 42.9. The van der Waals surface area contributed by atoms with E-state index in [1.807, 2.05) is 0 Å². The summed E-state index contributed by atoms with van der Waals surface area (Å²) in [6, 6.07) is 8.84. The molecule has 0 spiro atoms. The molecule has 9 nitrogen and oxygen atoms in total. The fourth-order valence-electron chi connectivity index (χ4n) is 3.87. The maximum absolute atomic E-state index is 13.4. The Morgan fingerprint density at radius 1 is 1.00 bits per heavy atom. The normalized spacial score (nSPS) is 15.1. The van der Waals surface area contributed by atoms with Crippen molar-refractivity contribution >= 4 is 35.7 Å². The highest BCUT2D eigenvalue weighted by atomic mass is 32.2. The second-order valence-corrected chi connectivity index (χ2v) is 11.5. The van der Waals surface area contributed by atoms with E-state index in [1.54, 1.807) is 25.1 Å². The van der Waals surface area contributed by atoms with E-state index in [-0.39, 0.29) is 37.0 Å². The Morgan fingerprint density at radius 2 is 1.65 bits per heavy atom. The van der Waals surface area contributed by atoms with Crippen molar-refractivity contribution in [1.29, 1.82) is 0 Å². The standard InChI is InChI=1S/C27H34F3N5O4S/c1-25(2,22(36)37)12-13-26(3,17-7-5-8-18(14-17)27(28,29)30)34-24(39)35-40-21-16(6-4-9-20(21)31)15-32-23(38)33-19-10-11-19/h4-9,14,19H,10-13,15,31H2,1-3H3,(H,36,37)(H2,32,33,38)(H2,34,35,39). The Morgan fingerprint density at radius 3 is 2.27 bits per heavy atom. The summed E-state index contributed by atoms with van der Waals surface area (Å²) in [5.41, 5.74) is 3.90. The molecular weight excluding hydrogens is 547 g/mol. The van der Waals surface area contributed by atoms with Gasteiger partial charge in [-0.25, -0.2) is 9.59 Å². The molecule has 0 aromatic heterocycles. The van der Waals surface area contributed by atoms with Gasteiger partial charge in [0, 0.05) is 18.3 Å². The molecule has 0 heterocycles. The molecule has 1 unspecified atom stereocenters. The largest absolute Gasteiger partial charge is 0.481 e. The SMILES string of the molecule is CC(C)(CCC(C)(NC(=O)NSc1c(N)cccc1CNC(=O)NC1CC1)c1cccc(C(F)(F)F)c1)C(=O)O. The number of halogens is 3. The molecule has 2 aromatic rings. The highest BCUT2D eigenvalue weighted by Gasteiger charge is 2.37. The van der Waals surface area contributed by atoms with Crippen molar-refractivity contribution in [3.63, 3.8) is 0 Å². The average molecular weight is 582 g/mol. The first kappa shape index (κ1) is 30.9. The Kier molecular flexibility index (Phi) is 9.49. The molecule has 7 N–H and O–H groups in total. The summed E-state index contributed by atoms with van der Waals surface area (Å²) in [4.78, 5) is 37.3. The van der Waals surface area contributed by atoms with Crippen molar-refractivity contribution in [2.24, 2.45) is 5.41 Å². The van der Waals surface area contributed by atoms with Crippen LogP contribution in [0, 0.1) is 5.41 Å². The zero-order chi connectivity index (χ0) is 29.7. The van der Waals surface area contributed by atoms with E-state index < -0.39 is 34.7 Å². The molecule has 2 aromatic carbocycles. The minimum atomic E-state index is -4.60. The molecule has 1 fully saturated rings. The van der Waals surface area contributed by atoms with E-state index in [1.165, 1.54) is 26.0 Å². The molecule has 1 aliphatic carbocycles. The summed E-state index contributed by atoms with van der Waals surface area (Å²) in [5.74, 6) is -1.06. The number of nitrogens with two attached hydrogens (primary N) is 1. The Balaban J connectivity index is 1.76. The van der Waals surface area contributed by atoms with Gasteiger partial charge in [0.25, 0.3) is 0 Å². The third-order valence-corrected chi connectivity index (χ3v) is 7.76. The highest BCUT2D eigenvalue weighted by molar-refractivity contribution is 7.98. The number of benzene rings is 2. The lowest BCUT2D eigenvalue weighted by Gasteiger charge is -2.34. The molecule has 40 heavy (non-hydrogen) atoms. The number of urea groups is 2. The van der Waals surface area contributed by atoms with Gasteiger partial charge in [-0.3, -0.25) is 9.52 Å². The van der Waals surface area contributed by atoms with Gasteiger partial charge in [-0.15, -0.1) is 0 Å². The Hall–Kier alpha value is -3.61. The fourth-order valence-corrected chi connectivity index (χ4v) is 4.57. The minimum Gasteiger partial charge on any atom is -0.481 e. The van der Waals surface area contributed by atoms with E-state index in [0.717, 1.165) is 36.9 Å². The van der Waals surface area contributed by atoms with E-state index in [0.29, 0.717) is 16.1 Å². The monoisotopic (exact) mass is 581 g/mol. The summed E-state index contributed by atoms with van der Waals surface area (Å²) >= 11 is 0.899. The number of carboxylic acids is 1. The van der Waals surface area contributed by atoms with Gasteiger partial charge >= 0.3 is 24.2 Å². The van der Waals surface area contributed by atoms with E-state index in [2.05, 4.69) is 20.7 Å². The van der Waals surface area contributed by atoms with Crippen LogP contribution in [0.3, 0.4) is 0 Å².